The largest absolute Gasteiger partial charge is 0.343 e. The summed E-state index contributed by atoms with van der Waals surface area (Å²) in [5.41, 5.74) is 0.0995. The third-order valence-electron chi connectivity index (χ3n) is 2.99. The molecule has 2 amide bonds. The summed E-state index contributed by atoms with van der Waals surface area (Å²) in [6.07, 6.45) is 0. The first-order chi connectivity index (χ1) is 11.4. The summed E-state index contributed by atoms with van der Waals surface area (Å²) in [6.45, 7) is -0.503. The highest BCUT2D eigenvalue weighted by molar-refractivity contribution is 5.99. The van der Waals surface area contributed by atoms with E-state index in [0.717, 1.165) is 6.07 Å². The lowest BCUT2D eigenvalue weighted by Crippen LogP contribution is -2.33. The minimum atomic E-state index is -1.76. The van der Waals surface area contributed by atoms with Gasteiger partial charge in [0.15, 0.2) is 17.5 Å². The van der Waals surface area contributed by atoms with Crippen LogP contribution >= 0.6 is 0 Å². The van der Waals surface area contributed by atoms with E-state index in [1.165, 1.54) is 24.3 Å². The zero-order chi connectivity index (χ0) is 17.7. The molecule has 0 unspecified atom stereocenters. The van der Waals surface area contributed by atoms with Gasteiger partial charge in [0, 0.05) is 5.69 Å². The van der Waals surface area contributed by atoms with Gasteiger partial charge in [-0.3, -0.25) is 9.59 Å². The van der Waals surface area contributed by atoms with Crippen LogP contribution in [0.25, 0.3) is 0 Å². The lowest BCUT2D eigenvalue weighted by molar-refractivity contribution is -0.115. The van der Waals surface area contributed by atoms with Crippen molar-refractivity contribution >= 4 is 17.5 Å². The second kappa shape index (κ2) is 7.28. The van der Waals surface area contributed by atoms with E-state index in [1.807, 2.05) is 6.07 Å². The van der Waals surface area contributed by atoms with E-state index in [0.29, 0.717) is 17.3 Å². The molecule has 0 fully saturated rings. The van der Waals surface area contributed by atoms with Crippen molar-refractivity contribution in [2.24, 2.45) is 0 Å². The van der Waals surface area contributed by atoms with Crippen molar-refractivity contribution < 1.29 is 22.8 Å². The van der Waals surface area contributed by atoms with Crippen LogP contribution in [0.1, 0.15) is 15.9 Å². The number of benzene rings is 2. The molecule has 0 aliphatic carbocycles. The van der Waals surface area contributed by atoms with Crippen LogP contribution in [0, 0.1) is 28.8 Å². The molecule has 5 nitrogen and oxygen atoms in total. The number of amides is 2. The molecule has 0 atom stereocenters. The van der Waals surface area contributed by atoms with Gasteiger partial charge in [-0.05, 0) is 36.4 Å². The predicted octanol–water partition coefficient (Wildman–Crippen LogP) is 2.34. The normalized spacial score (nSPS) is 9.92. The Kier molecular flexibility index (Phi) is 5.16. The van der Waals surface area contributed by atoms with E-state index in [2.05, 4.69) is 10.6 Å². The van der Waals surface area contributed by atoms with Crippen LogP contribution in [0.15, 0.2) is 36.4 Å². The molecule has 0 aliphatic rings. The van der Waals surface area contributed by atoms with Crippen LogP contribution in [0.4, 0.5) is 18.9 Å². The Morgan fingerprint density at radius 2 is 1.67 bits per heavy atom. The number of nitriles is 1. The summed E-state index contributed by atoms with van der Waals surface area (Å²) in [6, 6.07) is 9.28. The molecule has 2 aromatic rings. The Labute approximate surface area is 134 Å². The number of halogens is 3. The quantitative estimate of drug-likeness (QED) is 0.843. The summed E-state index contributed by atoms with van der Waals surface area (Å²) < 4.78 is 39.3. The van der Waals surface area contributed by atoms with Gasteiger partial charge < -0.3 is 10.6 Å². The number of hydrogen-bond donors (Lipinski definition) is 2. The van der Waals surface area contributed by atoms with Crippen LogP contribution in [-0.4, -0.2) is 18.4 Å². The molecule has 0 spiro atoms. The van der Waals surface area contributed by atoms with Crippen LogP contribution < -0.4 is 10.6 Å². The van der Waals surface area contributed by atoms with Gasteiger partial charge in [-0.25, -0.2) is 13.2 Å². The van der Waals surface area contributed by atoms with Crippen molar-refractivity contribution in [3.8, 4) is 6.07 Å². The van der Waals surface area contributed by atoms with Gasteiger partial charge in [-0.1, -0.05) is 0 Å². The first-order valence-corrected chi connectivity index (χ1v) is 6.64. The van der Waals surface area contributed by atoms with Crippen LogP contribution in [0.2, 0.25) is 0 Å². The standard InChI is InChI=1S/C16H10F3N3O2/c17-12-6-5-11(14(18)15(12)19)16(24)21-8-13(23)22-10-3-1-9(7-20)2-4-10/h1-6H,8H2,(H,21,24)(H,22,23). The maximum Gasteiger partial charge on any atom is 0.254 e. The minimum absolute atomic E-state index is 0.396. The first-order valence-electron chi connectivity index (χ1n) is 6.64. The summed E-state index contributed by atoms with van der Waals surface area (Å²) in [7, 11) is 0. The van der Waals surface area contributed by atoms with Gasteiger partial charge in [-0.15, -0.1) is 0 Å². The number of carbonyl (C=O) groups excluding carboxylic acids is 2. The average Bonchev–Trinajstić information content (AvgIpc) is 2.58. The fraction of sp³-hybridized carbons (Fsp3) is 0.0625. The lowest BCUT2D eigenvalue weighted by atomic mass is 10.2. The Balaban J connectivity index is 1.95. The highest BCUT2D eigenvalue weighted by atomic mass is 19.2. The molecule has 0 aromatic heterocycles. The van der Waals surface area contributed by atoms with Crippen LogP contribution in [0.5, 0.6) is 0 Å². The molecule has 122 valence electrons. The molecule has 0 aliphatic heterocycles. The molecule has 0 heterocycles. The van der Waals surface area contributed by atoms with E-state index >= 15 is 0 Å². The Morgan fingerprint density at radius 3 is 2.29 bits per heavy atom. The zero-order valence-electron chi connectivity index (χ0n) is 12.1. The van der Waals surface area contributed by atoms with Crippen molar-refractivity contribution in [2.75, 3.05) is 11.9 Å². The van der Waals surface area contributed by atoms with Gasteiger partial charge in [0.25, 0.3) is 5.91 Å². The monoisotopic (exact) mass is 333 g/mol. The summed E-state index contributed by atoms with van der Waals surface area (Å²) >= 11 is 0. The van der Waals surface area contributed by atoms with Gasteiger partial charge in [0.05, 0.1) is 23.7 Å². The fourth-order valence-electron chi connectivity index (χ4n) is 1.79. The Morgan fingerprint density at radius 1 is 1.00 bits per heavy atom. The van der Waals surface area contributed by atoms with Gasteiger partial charge in [-0.2, -0.15) is 5.26 Å². The number of anilines is 1. The third kappa shape index (κ3) is 3.89. The summed E-state index contributed by atoms with van der Waals surface area (Å²) in [5.74, 6) is -6.47. The van der Waals surface area contributed by atoms with Crippen molar-refractivity contribution in [1.82, 2.24) is 5.32 Å². The number of nitrogens with zero attached hydrogens (tertiary/aromatic N) is 1. The minimum Gasteiger partial charge on any atom is -0.343 e. The van der Waals surface area contributed by atoms with Crippen molar-refractivity contribution in [2.45, 2.75) is 0 Å². The highest BCUT2D eigenvalue weighted by Crippen LogP contribution is 2.15. The van der Waals surface area contributed by atoms with E-state index in [1.54, 1.807) is 0 Å². The highest BCUT2D eigenvalue weighted by Gasteiger charge is 2.19. The molecular weight excluding hydrogens is 323 g/mol. The predicted molar refractivity (Wildman–Crippen MR) is 78.4 cm³/mol. The SMILES string of the molecule is N#Cc1ccc(NC(=O)CNC(=O)c2ccc(F)c(F)c2F)cc1. The van der Waals surface area contributed by atoms with Crippen LogP contribution in [-0.2, 0) is 4.79 Å². The molecule has 2 rings (SSSR count). The molecule has 2 N–H and O–H groups in total. The second-order valence-corrected chi connectivity index (χ2v) is 4.64. The van der Waals surface area contributed by atoms with Crippen molar-refractivity contribution in [1.29, 1.82) is 5.26 Å². The number of hydrogen-bond acceptors (Lipinski definition) is 3. The molecular formula is C16H10F3N3O2. The van der Waals surface area contributed by atoms with Crippen LogP contribution in [0.3, 0.4) is 0 Å². The smallest absolute Gasteiger partial charge is 0.254 e. The Bertz CT molecular complexity index is 830. The number of rotatable bonds is 4. The van der Waals surface area contributed by atoms with Gasteiger partial charge in [0.1, 0.15) is 0 Å². The maximum absolute atomic E-state index is 13.5. The summed E-state index contributed by atoms with van der Waals surface area (Å²) in [5, 5.41) is 13.2. The number of carbonyl (C=O) groups is 2. The number of nitrogens with one attached hydrogen (secondary N) is 2. The van der Waals surface area contributed by atoms with Crippen molar-refractivity contribution in [3.63, 3.8) is 0 Å². The van der Waals surface area contributed by atoms with E-state index in [4.69, 9.17) is 5.26 Å². The maximum atomic E-state index is 13.5. The van der Waals surface area contributed by atoms with E-state index in [-0.39, 0.29) is 0 Å². The van der Waals surface area contributed by atoms with E-state index < -0.39 is 41.4 Å². The summed E-state index contributed by atoms with van der Waals surface area (Å²) in [4.78, 5) is 23.4. The Hall–Kier alpha value is -3.34. The topological polar surface area (TPSA) is 82.0 Å². The molecule has 0 saturated heterocycles. The molecule has 0 bridgehead atoms. The van der Waals surface area contributed by atoms with Gasteiger partial charge >= 0.3 is 0 Å². The van der Waals surface area contributed by atoms with Gasteiger partial charge in [0.2, 0.25) is 5.91 Å². The third-order valence-corrected chi connectivity index (χ3v) is 2.99. The average molecular weight is 333 g/mol. The zero-order valence-corrected chi connectivity index (χ0v) is 12.1. The first kappa shape index (κ1) is 17.0. The molecule has 8 heteroatoms. The molecule has 0 saturated carbocycles. The second-order valence-electron chi connectivity index (χ2n) is 4.64. The molecule has 0 radical (unpaired) electrons. The fourth-order valence-corrected chi connectivity index (χ4v) is 1.79. The lowest BCUT2D eigenvalue weighted by Gasteiger charge is -2.08. The molecule has 2 aromatic carbocycles. The van der Waals surface area contributed by atoms with Crippen molar-refractivity contribution in [3.05, 3.63) is 65.0 Å². The van der Waals surface area contributed by atoms with E-state index in [9.17, 15) is 22.8 Å². The molecule has 24 heavy (non-hydrogen) atoms.